The van der Waals surface area contributed by atoms with Crippen molar-refractivity contribution in [2.75, 3.05) is 5.32 Å². The van der Waals surface area contributed by atoms with Gasteiger partial charge in [-0.15, -0.1) is 0 Å². The summed E-state index contributed by atoms with van der Waals surface area (Å²) in [6.07, 6.45) is -1.09. The molecule has 3 aromatic heterocycles. The molecule has 1 saturated carbocycles. The zero-order valence-electron chi connectivity index (χ0n) is 23.5. The first kappa shape index (κ1) is 27.7. The van der Waals surface area contributed by atoms with Gasteiger partial charge in [0.25, 0.3) is 0 Å². The van der Waals surface area contributed by atoms with E-state index in [0.717, 1.165) is 17.3 Å². The van der Waals surface area contributed by atoms with Crippen molar-refractivity contribution in [1.29, 1.82) is 0 Å². The molecule has 4 aromatic rings. The van der Waals surface area contributed by atoms with Crippen molar-refractivity contribution in [2.24, 2.45) is 5.41 Å². The number of ether oxygens (including phenoxy) is 1. The molecule has 0 radical (unpaired) electrons. The lowest BCUT2D eigenvalue weighted by Gasteiger charge is -2.38. The highest BCUT2D eigenvalue weighted by atomic mass is 19.4. The first-order valence-corrected chi connectivity index (χ1v) is 13.5. The molecule has 1 atom stereocenters. The number of halogens is 3. The summed E-state index contributed by atoms with van der Waals surface area (Å²) in [5.41, 5.74) is -0.411. The van der Waals surface area contributed by atoms with Gasteiger partial charge in [0.2, 0.25) is 11.8 Å². The van der Waals surface area contributed by atoms with E-state index >= 15 is 0 Å². The lowest BCUT2D eigenvalue weighted by Crippen LogP contribution is -2.47. The fourth-order valence-electron chi connectivity index (χ4n) is 5.28. The monoisotopic (exact) mass is 582 g/mol. The SMILES string of the molecule is CC1Cc2c(ncnc2Oc2ccc3c(ccn3C(=O)Nc3cc(C4(C(F)(F)F)CC4)on3)c2)CN1C(=O)C(C)(C)C. The first-order valence-electron chi connectivity index (χ1n) is 13.5. The van der Waals surface area contributed by atoms with Crippen molar-refractivity contribution < 1.29 is 32.0 Å². The standard InChI is InChI=1S/C29H29F3N6O4/c1-16-11-19-20(14-38(16)25(39)27(2,3)4)33-15-34-24(19)41-18-5-6-21-17(12-18)7-10-37(21)26(40)35-23-13-22(42-36-23)28(8-9-28)29(30,31)32/h5-7,10,12-13,15-16H,8-9,11,14H2,1-4H3,(H,35,36,40). The van der Waals surface area contributed by atoms with Crippen LogP contribution < -0.4 is 10.1 Å². The zero-order chi connectivity index (χ0) is 30.0. The number of aromatic nitrogens is 4. The van der Waals surface area contributed by atoms with Gasteiger partial charge in [0.05, 0.1) is 17.8 Å². The summed E-state index contributed by atoms with van der Waals surface area (Å²) in [5, 5.41) is 6.81. The van der Waals surface area contributed by atoms with E-state index < -0.39 is 23.0 Å². The molecule has 2 aliphatic rings. The second kappa shape index (κ2) is 9.57. The van der Waals surface area contributed by atoms with Gasteiger partial charge >= 0.3 is 12.2 Å². The van der Waals surface area contributed by atoms with Crippen molar-refractivity contribution in [3.05, 3.63) is 59.9 Å². The molecule has 1 aromatic carbocycles. The number of fused-ring (bicyclic) bond motifs is 2. The topological polar surface area (TPSA) is 115 Å². The minimum Gasteiger partial charge on any atom is -0.439 e. The predicted octanol–water partition coefficient (Wildman–Crippen LogP) is 6.21. The Hall–Kier alpha value is -4.42. The third-order valence-electron chi connectivity index (χ3n) is 7.85. The molecule has 0 spiro atoms. The van der Waals surface area contributed by atoms with Gasteiger partial charge in [-0.3, -0.25) is 14.7 Å². The van der Waals surface area contributed by atoms with E-state index in [-0.39, 0.29) is 36.4 Å². The zero-order valence-corrected chi connectivity index (χ0v) is 23.5. The third-order valence-corrected chi connectivity index (χ3v) is 7.85. The van der Waals surface area contributed by atoms with E-state index in [9.17, 15) is 22.8 Å². The molecule has 42 heavy (non-hydrogen) atoms. The normalized spacial score (nSPS) is 18.1. The molecule has 13 heteroatoms. The fourth-order valence-corrected chi connectivity index (χ4v) is 5.28. The lowest BCUT2D eigenvalue weighted by molar-refractivity contribution is -0.165. The van der Waals surface area contributed by atoms with Crippen LogP contribution in [0.15, 0.2) is 47.4 Å². The van der Waals surface area contributed by atoms with Gasteiger partial charge in [0.15, 0.2) is 11.6 Å². The lowest BCUT2D eigenvalue weighted by atomic mass is 9.91. The molecule has 1 fully saturated rings. The summed E-state index contributed by atoms with van der Waals surface area (Å²) in [5.74, 6) is 0.542. The summed E-state index contributed by atoms with van der Waals surface area (Å²) >= 11 is 0. The number of nitrogens with zero attached hydrogens (tertiary/aromatic N) is 5. The molecule has 4 heterocycles. The number of carbonyl (C=O) groups excluding carboxylic acids is 2. The van der Waals surface area contributed by atoms with Crippen molar-refractivity contribution in [1.82, 2.24) is 24.6 Å². The van der Waals surface area contributed by atoms with Gasteiger partial charge in [-0.2, -0.15) is 13.2 Å². The Morgan fingerprint density at radius 2 is 1.88 bits per heavy atom. The minimum atomic E-state index is -4.45. The summed E-state index contributed by atoms with van der Waals surface area (Å²) in [4.78, 5) is 36.5. The molecule has 2 amide bonds. The Labute approximate surface area is 238 Å². The Bertz CT molecular complexity index is 1700. The summed E-state index contributed by atoms with van der Waals surface area (Å²) < 4.78 is 52.6. The second-order valence-corrected chi connectivity index (χ2v) is 11.9. The maximum atomic E-state index is 13.4. The Balaban J connectivity index is 1.18. The smallest absolute Gasteiger partial charge is 0.401 e. The molecule has 1 N–H and O–H groups in total. The van der Waals surface area contributed by atoms with Crippen LogP contribution in [0, 0.1) is 5.41 Å². The van der Waals surface area contributed by atoms with E-state index in [2.05, 4.69) is 20.4 Å². The number of rotatable bonds is 4. The number of nitrogens with one attached hydrogen (secondary N) is 1. The van der Waals surface area contributed by atoms with Crippen molar-refractivity contribution >= 4 is 28.7 Å². The molecular formula is C29H29F3N6O4. The van der Waals surface area contributed by atoms with Gasteiger partial charge < -0.3 is 14.2 Å². The molecule has 220 valence electrons. The Morgan fingerprint density at radius 1 is 1.12 bits per heavy atom. The number of amides is 2. The van der Waals surface area contributed by atoms with Crippen LogP contribution in [-0.4, -0.2) is 48.7 Å². The quantitative estimate of drug-likeness (QED) is 0.304. The van der Waals surface area contributed by atoms with Gasteiger partial charge in [0, 0.05) is 34.7 Å². The van der Waals surface area contributed by atoms with Crippen LogP contribution >= 0.6 is 0 Å². The van der Waals surface area contributed by atoms with Crippen molar-refractivity contribution in [3.8, 4) is 11.6 Å². The largest absolute Gasteiger partial charge is 0.439 e. The van der Waals surface area contributed by atoms with Crippen LogP contribution in [0.1, 0.15) is 57.6 Å². The number of carbonyl (C=O) groups is 2. The van der Waals surface area contributed by atoms with E-state index in [1.54, 1.807) is 24.3 Å². The average Bonchev–Trinajstić information content (AvgIpc) is 3.44. The fraction of sp³-hybridized carbons (Fsp3) is 0.414. The molecule has 0 saturated heterocycles. The second-order valence-electron chi connectivity index (χ2n) is 11.9. The molecule has 1 unspecified atom stereocenters. The van der Waals surface area contributed by atoms with Gasteiger partial charge in [-0.25, -0.2) is 14.8 Å². The van der Waals surface area contributed by atoms with Crippen molar-refractivity contribution in [3.63, 3.8) is 0 Å². The third kappa shape index (κ3) is 4.76. The van der Waals surface area contributed by atoms with Crippen LogP contribution in [0.25, 0.3) is 10.9 Å². The number of benzene rings is 1. The predicted molar refractivity (Wildman–Crippen MR) is 145 cm³/mol. The molecule has 10 nitrogen and oxygen atoms in total. The highest BCUT2D eigenvalue weighted by Gasteiger charge is 2.67. The molecule has 6 rings (SSSR count). The van der Waals surface area contributed by atoms with Crippen molar-refractivity contribution in [2.45, 2.75) is 71.1 Å². The maximum absolute atomic E-state index is 13.4. The Kier molecular flexibility index (Phi) is 6.32. The number of alkyl halides is 3. The molecular weight excluding hydrogens is 553 g/mol. The van der Waals surface area contributed by atoms with Crippen LogP contribution in [0.5, 0.6) is 11.6 Å². The maximum Gasteiger partial charge on any atom is 0.401 e. The van der Waals surface area contributed by atoms with Gasteiger partial charge in [-0.1, -0.05) is 25.9 Å². The molecule has 1 aliphatic carbocycles. The van der Waals surface area contributed by atoms with Crippen LogP contribution in [0.3, 0.4) is 0 Å². The van der Waals surface area contributed by atoms with Gasteiger partial charge in [-0.05, 0) is 50.5 Å². The minimum absolute atomic E-state index is 0.0536. The van der Waals surface area contributed by atoms with Gasteiger partial charge in [0.1, 0.15) is 17.5 Å². The highest BCUT2D eigenvalue weighted by molar-refractivity contribution is 5.98. The number of anilines is 1. The molecule has 0 bridgehead atoms. The van der Waals surface area contributed by atoms with Crippen LogP contribution in [0.2, 0.25) is 0 Å². The molecule has 1 aliphatic heterocycles. The highest BCUT2D eigenvalue weighted by Crippen LogP contribution is 2.59. The average molecular weight is 583 g/mol. The summed E-state index contributed by atoms with van der Waals surface area (Å²) in [6.45, 7) is 8.04. The van der Waals surface area contributed by atoms with E-state index in [1.165, 1.54) is 17.1 Å². The Morgan fingerprint density at radius 3 is 2.57 bits per heavy atom. The summed E-state index contributed by atoms with van der Waals surface area (Å²) in [7, 11) is 0. The number of hydrogen-bond donors (Lipinski definition) is 1. The van der Waals surface area contributed by atoms with Crippen LogP contribution in [-0.2, 0) is 23.2 Å². The van der Waals surface area contributed by atoms with E-state index in [0.29, 0.717) is 35.5 Å². The number of hydrogen-bond acceptors (Lipinski definition) is 7. The van der Waals surface area contributed by atoms with E-state index in [4.69, 9.17) is 9.26 Å². The van der Waals surface area contributed by atoms with Crippen LogP contribution in [0.4, 0.5) is 23.8 Å². The van der Waals surface area contributed by atoms with E-state index in [1.807, 2.05) is 32.6 Å². The first-order chi connectivity index (χ1) is 19.8. The summed E-state index contributed by atoms with van der Waals surface area (Å²) in [6, 6.07) is 7.31.